The van der Waals surface area contributed by atoms with Gasteiger partial charge < -0.3 is 5.73 Å². The van der Waals surface area contributed by atoms with Crippen molar-refractivity contribution in [2.75, 3.05) is 6.54 Å². The lowest BCUT2D eigenvalue weighted by molar-refractivity contribution is 0.323. The Kier molecular flexibility index (Phi) is 6.26. The van der Waals surface area contributed by atoms with Gasteiger partial charge in [-0.2, -0.15) is 0 Å². The fourth-order valence-corrected chi connectivity index (χ4v) is 1.65. The first-order valence-corrected chi connectivity index (χ1v) is 5.60. The highest BCUT2D eigenvalue weighted by atomic mass is 14.6. The van der Waals surface area contributed by atoms with Gasteiger partial charge in [0.1, 0.15) is 0 Å². The zero-order valence-corrected chi connectivity index (χ0v) is 10.6. The van der Waals surface area contributed by atoms with E-state index in [9.17, 15) is 0 Å². The Morgan fingerprint density at radius 2 is 2.00 bits per heavy atom. The van der Waals surface area contributed by atoms with Gasteiger partial charge in [-0.1, -0.05) is 51.7 Å². The standard InChI is InChI=1S/C14H25N/c1-6-8-9-12(7-2)13(11-15)10-14(3,4)5/h6-9,13H,2,10-11,15H2,1,3-5H3/b8-6-,12-9+. The van der Waals surface area contributed by atoms with Crippen molar-refractivity contribution < 1.29 is 0 Å². The lowest BCUT2D eigenvalue weighted by Crippen LogP contribution is -2.22. The monoisotopic (exact) mass is 207 g/mol. The van der Waals surface area contributed by atoms with E-state index < -0.39 is 0 Å². The minimum Gasteiger partial charge on any atom is -0.330 e. The van der Waals surface area contributed by atoms with Crippen LogP contribution in [0.4, 0.5) is 0 Å². The van der Waals surface area contributed by atoms with Gasteiger partial charge in [0, 0.05) is 0 Å². The van der Waals surface area contributed by atoms with Crippen LogP contribution in [0.2, 0.25) is 0 Å². The number of hydrogen-bond donors (Lipinski definition) is 1. The summed E-state index contributed by atoms with van der Waals surface area (Å²) in [7, 11) is 0. The molecule has 0 amide bonds. The molecule has 0 aliphatic rings. The summed E-state index contributed by atoms with van der Waals surface area (Å²) in [6.45, 7) is 13.3. The summed E-state index contributed by atoms with van der Waals surface area (Å²) in [5, 5.41) is 0. The Labute approximate surface area is 94.8 Å². The molecular weight excluding hydrogens is 182 g/mol. The van der Waals surface area contributed by atoms with Crippen molar-refractivity contribution in [2.24, 2.45) is 17.1 Å². The second-order valence-corrected chi connectivity index (χ2v) is 5.09. The van der Waals surface area contributed by atoms with Crippen LogP contribution in [0.5, 0.6) is 0 Å². The van der Waals surface area contributed by atoms with E-state index in [0.717, 1.165) is 6.42 Å². The molecule has 0 saturated carbocycles. The molecule has 0 aromatic heterocycles. The molecule has 0 aliphatic heterocycles. The van der Waals surface area contributed by atoms with Gasteiger partial charge in [0.05, 0.1) is 0 Å². The Hall–Kier alpha value is -0.820. The highest BCUT2D eigenvalue weighted by molar-refractivity contribution is 5.25. The fourth-order valence-electron chi connectivity index (χ4n) is 1.65. The van der Waals surface area contributed by atoms with Crippen LogP contribution in [0.15, 0.2) is 36.5 Å². The molecule has 0 fully saturated rings. The average molecular weight is 207 g/mol. The molecule has 2 N–H and O–H groups in total. The molecule has 0 aromatic rings. The molecule has 0 aliphatic carbocycles. The topological polar surface area (TPSA) is 26.0 Å². The van der Waals surface area contributed by atoms with Crippen LogP contribution in [-0.2, 0) is 0 Å². The Balaban J connectivity index is 4.69. The molecule has 0 bridgehead atoms. The molecule has 0 radical (unpaired) electrons. The van der Waals surface area contributed by atoms with Crippen molar-refractivity contribution >= 4 is 0 Å². The van der Waals surface area contributed by atoms with Gasteiger partial charge in [-0.25, -0.2) is 0 Å². The number of rotatable bonds is 5. The van der Waals surface area contributed by atoms with E-state index >= 15 is 0 Å². The predicted molar refractivity (Wildman–Crippen MR) is 69.7 cm³/mol. The van der Waals surface area contributed by atoms with Crippen LogP contribution in [0.3, 0.4) is 0 Å². The van der Waals surface area contributed by atoms with Crippen LogP contribution in [0, 0.1) is 11.3 Å². The quantitative estimate of drug-likeness (QED) is 0.684. The predicted octanol–water partition coefficient (Wildman–Crippen LogP) is 3.69. The molecule has 1 nitrogen and oxygen atoms in total. The lowest BCUT2D eigenvalue weighted by Gasteiger charge is -2.25. The summed E-state index contributed by atoms with van der Waals surface area (Å²) in [6.07, 6.45) is 9.19. The Bertz CT molecular complexity index is 241. The summed E-state index contributed by atoms with van der Waals surface area (Å²) in [6, 6.07) is 0. The van der Waals surface area contributed by atoms with Crippen LogP contribution in [-0.4, -0.2) is 6.54 Å². The smallest absolute Gasteiger partial charge is 0.000804 e. The van der Waals surface area contributed by atoms with Gasteiger partial charge >= 0.3 is 0 Å². The highest BCUT2D eigenvalue weighted by Crippen LogP contribution is 2.28. The average Bonchev–Trinajstić information content (AvgIpc) is 2.15. The van der Waals surface area contributed by atoms with Gasteiger partial charge in [-0.15, -0.1) is 0 Å². The zero-order chi connectivity index (χ0) is 11.9. The van der Waals surface area contributed by atoms with Crippen molar-refractivity contribution in [3.8, 4) is 0 Å². The molecule has 1 heteroatoms. The maximum atomic E-state index is 5.82. The second kappa shape index (κ2) is 6.62. The van der Waals surface area contributed by atoms with Gasteiger partial charge in [-0.3, -0.25) is 0 Å². The molecule has 0 heterocycles. The molecule has 0 saturated heterocycles. The first-order valence-electron chi connectivity index (χ1n) is 5.60. The lowest BCUT2D eigenvalue weighted by atomic mass is 9.81. The molecule has 0 aromatic carbocycles. The second-order valence-electron chi connectivity index (χ2n) is 5.09. The third-order valence-corrected chi connectivity index (χ3v) is 2.33. The maximum Gasteiger partial charge on any atom is -0.000804 e. The van der Waals surface area contributed by atoms with Crippen molar-refractivity contribution in [2.45, 2.75) is 34.1 Å². The van der Waals surface area contributed by atoms with E-state index in [-0.39, 0.29) is 0 Å². The first-order chi connectivity index (χ1) is 6.94. The third kappa shape index (κ3) is 6.29. The first kappa shape index (κ1) is 14.2. The maximum absolute atomic E-state index is 5.82. The van der Waals surface area contributed by atoms with Gasteiger partial charge in [-0.05, 0) is 36.8 Å². The third-order valence-electron chi connectivity index (χ3n) is 2.33. The van der Waals surface area contributed by atoms with Crippen LogP contribution in [0.1, 0.15) is 34.1 Å². The number of hydrogen-bond acceptors (Lipinski definition) is 1. The zero-order valence-electron chi connectivity index (χ0n) is 10.6. The van der Waals surface area contributed by atoms with E-state index in [1.807, 2.05) is 25.2 Å². The molecule has 1 unspecified atom stereocenters. The van der Waals surface area contributed by atoms with E-state index in [4.69, 9.17) is 5.73 Å². The number of nitrogens with two attached hydrogens (primary N) is 1. The minimum atomic E-state index is 0.308. The minimum absolute atomic E-state index is 0.308. The Morgan fingerprint density at radius 1 is 1.40 bits per heavy atom. The van der Waals surface area contributed by atoms with E-state index in [2.05, 4.69) is 33.4 Å². The van der Waals surface area contributed by atoms with Crippen LogP contribution >= 0.6 is 0 Å². The van der Waals surface area contributed by atoms with Crippen molar-refractivity contribution in [1.29, 1.82) is 0 Å². The van der Waals surface area contributed by atoms with E-state index in [0.29, 0.717) is 17.9 Å². The van der Waals surface area contributed by atoms with Crippen LogP contribution < -0.4 is 5.73 Å². The summed E-state index contributed by atoms with van der Waals surface area (Å²) >= 11 is 0. The summed E-state index contributed by atoms with van der Waals surface area (Å²) in [4.78, 5) is 0. The van der Waals surface area contributed by atoms with Gasteiger partial charge in [0.25, 0.3) is 0 Å². The van der Waals surface area contributed by atoms with E-state index in [1.54, 1.807) is 0 Å². The summed E-state index contributed by atoms with van der Waals surface area (Å²) in [5.74, 6) is 0.415. The molecule has 86 valence electrons. The molecular formula is C14H25N. The van der Waals surface area contributed by atoms with Gasteiger partial charge in [0.15, 0.2) is 0 Å². The molecule has 15 heavy (non-hydrogen) atoms. The summed E-state index contributed by atoms with van der Waals surface area (Å²) in [5.41, 5.74) is 7.36. The van der Waals surface area contributed by atoms with Crippen molar-refractivity contribution in [3.63, 3.8) is 0 Å². The molecule has 0 rings (SSSR count). The van der Waals surface area contributed by atoms with Crippen LogP contribution in [0.25, 0.3) is 0 Å². The van der Waals surface area contributed by atoms with Crippen molar-refractivity contribution in [3.05, 3.63) is 36.5 Å². The normalized spacial score (nSPS) is 15.7. The largest absolute Gasteiger partial charge is 0.330 e. The molecule has 0 spiro atoms. The highest BCUT2D eigenvalue weighted by Gasteiger charge is 2.19. The van der Waals surface area contributed by atoms with Gasteiger partial charge in [0.2, 0.25) is 0 Å². The summed E-state index contributed by atoms with van der Waals surface area (Å²) < 4.78 is 0. The SMILES string of the molecule is C=C/C(=C\C=C/C)C(CN)CC(C)(C)C. The molecule has 1 atom stereocenters. The Morgan fingerprint density at radius 3 is 2.33 bits per heavy atom. The van der Waals surface area contributed by atoms with Crippen molar-refractivity contribution in [1.82, 2.24) is 0 Å². The fraction of sp³-hybridized carbons (Fsp3) is 0.571. The number of allylic oxidation sites excluding steroid dienone is 4. The van der Waals surface area contributed by atoms with E-state index in [1.165, 1.54) is 5.57 Å².